The highest BCUT2D eigenvalue weighted by Gasteiger charge is 2.48. The summed E-state index contributed by atoms with van der Waals surface area (Å²) in [6, 6.07) is 7.63. The van der Waals surface area contributed by atoms with E-state index < -0.39 is 17.2 Å². The summed E-state index contributed by atoms with van der Waals surface area (Å²) in [4.78, 5) is 13.5. The van der Waals surface area contributed by atoms with Crippen LogP contribution < -0.4 is 0 Å². The van der Waals surface area contributed by atoms with Gasteiger partial charge in [0, 0.05) is 10.6 Å². The molecule has 110 valence electrons. The molecule has 0 saturated heterocycles. The van der Waals surface area contributed by atoms with Gasteiger partial charge in [-0.15, -0.1) is 0 Å². The van der Waals surface area contributed by atoms with Gasteiger partial charge in [-0.05, 0) is 51.3 Å². The Bertz CT molecular complexity index is 484. The molecular formula is C16H22ClNO2. The summed E-state index contributed by atoms with van der Waals surface area (Å²) in [5.74, 6) is 0. The highest BCUT2D eigenvalue weighted by molar-refractivity contribution is 6.30. The molecule has 1 aromatic carbocycles. The number of nitrogens with zero attached hydrogens (tertiary/aromatic N) is 1. The molecule has 0 unspecified atom stereocenters. The van der Waals surface area contributed by atoms with Crippen molar-refractivity contribution < 1.29 is 9.90 Å². The van der Waals surface area contributed by atoms with Gasteiger partial charge < -0.3 is 5.11 Å². The monoisotopic (exact) mass is 295 g/mol. The highest BCUT2D eigenvalue weighted by atomic mass is 35.5. The Kier molecular flexibility index (Phi) is 4.01. The van der Waals surface area contributed by atoms with Crippen LogP contribution in [0.4, 0.5) is 4.79 Å². The van der Waals surface area contributed by atoms with E-state index in [2.05, 4.69) is 0 Å². The summed E-state index contributed by atoms with van der Waals surface area (Å²) >= 11 is 5.97. The number of halogens is 1. The van der Waals surface area contributed by atoms with Gasteiger partial charge in [-0.2, -0.15) is 0 Å². The van der Waals surface area contributed by atoms with Crippen molar-refractivity contribution >= 4 is 17.7 Å². The minimum atomic E-state index is -0.852. The maximum atomic E-state index is 11.9. The van der Waals surface area contributed by atoms with E-state index >= 15 is 0 Å². The van der Waals surface area contributed by atoms with E-state index in [0.29, 0.717) is 5.02 Å². The standard InChI is InChI=1S/C16H22ClNO2/c1-15(2,3)18(14(19)20)16(10-4-5-11-16)12-6-8-13(17)9-7-12/h6-9H,4-5,10-11H2,1-3H3,(H,19,20). The van der Waals surface area contributed by atoms with E-state index in [0.717, 1.165) is 31.2 Å². The Hall–Kier alpha value is -1.22. The first-order valence-electron chi connectivity index (χ1n) is 7.07. The van der Waals surface area contributed by atoms with Crippen molar-refractivity contribution in [1.82, 2.24) is 4.90 Å². The van der Waals surface area contributed by atoms with Crippen molar-refractivity contribution in [1.29, 1.82) is 0 Å². The van der Waals surface area contributed by atoms with Crippen LogP contribution in [0.3, 0.4) is 0 Å². The van der Waals surface area contributed by atoms with Crippen LogP contribution >= 0.6 is 11.6 Å². The zero-order chi connectivity index (χ0) is 15.0. The summed E-state index contributed by atoms with van der Waals surface area (Å²) in [5, 5.41) is 10.4. The second-order valence-corrected chi connectivity index (χ2v) is 6.97. The maximum absolute atomic E-state index is 11.9. The molecule has 1 amide bonds. The molecule has 0 radical (unpaired) electrons. The lowest BCUT2D eigenvalue weighted by Gasteiger charge is -2.47. The van der Waals surface area contributed by atoms with Gasteiger partial charge in [-0.3, -0.25) is 4.90 Å². The van der Waals surface area contributed by atoms with Crippen LogP contribution in [-0.4, -0.2) is 21.6 Å². The van der Waals surface area contributed by atoms with Crippen LogP contribution in [0.5, 0.6) is 0 Å². The fraction of sp³-hybridized carbons (Fsp3) is 0.562. The van der Waals surface area contributed by atoms with Crippen molar-refractivity contribution in [2.24, 2.45) is 0 Å². The number of carboxylic acid groups (broad SMARTS) is 1. The predicted molar refractivity (Wildman–Crippen MR) is 81.2 cm³/mol. The molecule has 0 atom stereocenters. The zero-order valence-corrected chi connectivity index (χ0v) is 13.1. The molecule has 1 N–H and O–H groups in total. The number of hydrogen-bond donors (Lipinski definition) is 1. The molecule has 1 saturated carbocycles. The highest BCUT2D eigenvalue weighted by Crippen LogP contribution is 2.47. The molecule has 1 aliphatic carbocycles. The average molecular weight is 296 g/mol. The van der Waals surface area contributed by atoms with Crippen LogP contribution in [-0.2, 0) is 5.54 Å². The SMILES string of the molecule is CC(C)(C)N(C(=O)O)C1(c2ccc(Cl)cc2)CCCC1. The molecule has 0 aliphatic heterocycles. The summed E-state index contributed by atoms with van der Waals surface area (Å²) < 4.78 is 0. The summed E-state index contributed by atoms with van der Waals surface area (Å²) in [6.07, 6.45) is 3.01. The van der Waals surface area contributed by atoms with Crippen LogP contribution in [0.15, 0.2) is 24.3 Å². The molecule has 20 heavy (non-hydrogen) atoms. The molecule has 4 heteroatoms. The van der Waals surface area contributed by atoms with Gasteiger partial charge in [-0.1, -0.05) is 36.6 Å². The topological polar surface area (TPSA) is 40.5 Å². The number of carbonyl (C=O) groups is 1. The zero-order valence-electron chi connectivity index (χ0n) is 12.3. The Morgan fingerprint density at radius 3 is 2.10 bits per heavy atom. The molecule has 0 heterocycles. The molecule has 0 spiro atoms. The largest absolute Gasteiger partial charge is 0.465 e. The Balaban J connectivity index is 2.53. The van der Waals surface area contributed by atoms with Gasteiger partial charge in [0.25, 0.3) is 0 Å². The van der Waals surface area contributed by atoms with Crippen LogP contribution in [0.25, 0.3) is 0 Å². The molecule has 3 nitrogen and oxygen atoms in total. The van der Waals surface area contributed by atoms with E-state index in [9.17, 15) is 9.90 Å². The van der Waals surface area contributed by atoms with Gasteiger partial charge in [0.1, 0.15) is 0 Å². The fourth-order valence-electron chi connectivity index (χ4n) is 3.47. The predicted octanol–water partition coefficient (Wildman–Crippen LogP) is 4.89. The number of hydrogen-bond acceptors (Lipinski definition) is 1. The molecule has 0 bridgehead atoms. The van der Waals surface area contributed by atoms with E-state index in [-0.39, 0.29) is 0 Å². The minimum absolute atomic E-state index is 0.422. The van der Waals surface area contributed by atoms with E-state index in [1.807, 2.05) is 45.0 Å². The summed E-state index contributed by atoms with van der Waals surface area (Å²) in [5.41, 5.74) is 0.196. The third-order valence-electron chi connectivity index (χ3n) is 4.10. The maximum Gasteiger partial charge on any atom is 0.408 e. The van der Waals surface area contributed by atoms with Gasteiger partial charge in [0.05, 0.1) is 5.54 Å². The third-order valence-corrected chi connectivity index (χ3v) is 4.35. The minimum Gasteiger partial charge on any atom is -0.465 e. The van der Waals surface area contributed by atoms with Gasteiger partial charge in [0.2, 0.25) is 0 Å². The summed E-state index contributed by atoms with van der Waals surface area (Å²) in [7, 11) is 0. The third kappa shape index (κ3) is 2.64. The Morgan fingerprint density at radius 1 is 1.20 bits per heavy atom. The second kappa shape index (κ2) is 5.28. The molecule has 1 aliphatic rings. The lowest BCUT2D eigenvalue weighted by atomic mass is 9.83. The summed E-state index contributed by atoms with van der Waals surface area (Å²) in [6.45, 7) is 5.87. The van der Waals surface area contributed by atoms with E-state index in [4.69, 9.17) is 11.6 Å². The Labute approximate surface area is 125 Å². The molecular weight excluding hydrogens is 274 g/mol. The van der Waals surface area contributed by atoms with Crippen molar-refractivity contribution in [3.8, 4) is 0 Å². The quantitative estimate of drug-likeness (QED) is 0.844. The fourth-order valence-corrected chi connectivity index (χ4v) is 3.60. The number of amides is 1. The lowest BCUT2D eigenvalue weighted by Crippen LogP contribution is -2.56. The lowest BCUT2D eigenvalue weighted by molar-refractivity contribution is 0.0155. The first-order chi connectivity index (χ1) is 9.27. The van der Waals surface area contributed by atoms with Crippen molar-refractivity contribution in [3.05, 3.63) is 34.9 Å². The smallest absolute Gasteiger partial charge is 0.408 e. The van der Waals surface area contributed by atoms with Crippen LogP contribution in [0.1, 0.15) is 52.0 Å². The van der Waals surface area contributed by atoms with Crippen LogP contribution in [0, 0.1) is 0 Å². The van der Waals surface area contributed by atoms with Crippen molar-refractivity contribution in [3.63, 3.8) is 0 Å². The Morgan fingerprint density at radius 2 is 1.70 bits per heavy atom. The molecule has 1 fully saturated rings. The second-order valence-electron chi connectivity index (χ2n) is 6.53. The van der Waals surface area contributed by atoms with E-state index in [1.54, 1.807) is 4.90 Å². The molecule has 2 rings (SSSR count). The molecule has 0 aromatic heterocycles. The first kappa shape index (κ1) is 15.2. The number of rotatable bonds is 2. The average Bonchev–Trinajstić information content (AvgIpc) is 2.77. The van der Waals surface area contributed by atoms with Gasteiger partial charge >= 0.3 is 6.09 Å². The molecule has 1 aromatic rings. The van der Waals surface area contributed by atoms with Crippen molar-refractivity contribution in [2.45, 2.75) is 57.5 Å². The van der Waals surface area contributed by atoms with Crippen molar-refractivity contribution in [2.75, 3.05) is 0 Å². The van der Waals surface area contributed by atoms with Crippen LogP contribution in [0.2, 0.25) is 5.02 Å². The van der Waals surface area contributed by atoms with Gasteiger partial charge in [-0.25, -0.2) is 4.79 Å². The van der Waals surface area contributed by atoms with Gasteiger partial charge in [0.15, 0.2) is 0 Å². The first-order valence-corrected chi connectivity index (χ1v) is 7.44. The normalized spacial score (nSPS) is 18.0. The van der Waals surface area contributed by atoms with E-state index in [1.165, 1.54) is 0 Å². The number of benzene rings is 1.